The zero-order chi connectivity index (χ0) is 8.97. The first-order chi connectivity index (χ1) is 5.74. The van der Waals surface area contributed by atoms with Gasteiger partial charge in [0.25, 0.3) is 0 Å². The van der Waals surface area contributed by atoms with Crippen LogP contribution in [-0.4, -0.2) is 25.2 Å². The van der Waals surface area contributed by atoms with Gasteiger partial charge in [0.1, 0.15) is 0 Å². The van der Waals surface area contributed by atoms with E-state index in [2.05, 4.69) is 9.98 Å². The van der Waals surface area contributed by atoms with Gasteiger partial charge in [-0.1, -0.05) is 0 Å². The second kappa shape index (κ2) is 3.64. The Balaban J connectivity index is 2.92. The Hall–Kier alpha value is -1.67. The molecule has 0 saturated carbocycles. The van der Waals surface area contributed by atoms with Crippen LogP contribution >= 0.6 is 0 Å². The van der Waals surface area contributed by atoms with Crippen molar-refractivity contribution in [2.45, 2.75) is 0 Å². The Morgan fingerprint density at radius 2 is 2.25 bits per heavy atom. The van der Waals surface area contributed by atoms with E-state index in [0.29, 0.717) is 5.82 Å². The van der Waals surface area contributed by atoms with E-state index in [0.717, 1.165) is 5.69 Å². The molecule has 1 aromatic rings. The zero-order valence-corrected chi connectivity index (χ0v) is 6.98. The molecule has 0 aliphatic carbocycles. The maximum atomic E-state index is 9.85. The zero-order valence-electron chi connectivity index (χ0n) is 6.98. The van der Waals surface area contributed by atoms with Crippen LogP contribution in [0.15, 0.2) is 23.3 Å². The number of rotatable bonds is 2. The molecule has 1 heterocycles. The van der Waals surface area contributed by atoms with E-state index < -0.39 is 0 Å². The molecule has 0 fully saturated rings. The van der Waals surface area contributed by atoms with Crippen molar-refractivity contribution >= 4 is 17.6 Å². The third-order valence-corrected chi connectivity index (χ3v) is 1.41. The van der Waals surface area contributed by atoms with E-state index in [1.807, 2.05) is 25.1 Å². The molecule has 4 nitrogen and oxygen atoms in total. The van der Waals surface area contributed by atoms with Crippen LogP contribution < -0.4 is 4.90 Å². The summed E-state index contributed by atoms with van der Waals surface area (Å²) in [6.07, 6.45) is 3.08. The fourth-order valence-electron chi connectivity index (χ4n) is 0.756. The maximum absolute atomic E-state index is 9.85. The van der Waals surface area contributed by atoms with Gasteiger partial charge in [-0.15, -0.1) is 4.99 Å². The van der Waals surface area contributed by atoms with Gasteiger partial charge in [0, 0.05) is 14.1 Å². The highest BCUT2D eigenvalue weighted by atomic mass is 16.1. The molecule has 0 aromatic carbocycles. The largest absolute Gasteiger partial charge is 0.376 e. The quantitative estimate of drug-likeness (QED) is 0.484. The second-order valence-corrected chi connectivity index (χ2v) is 2.47. The van der Waals surface area contributed by atoms with Crippen LogP contribution in [0.1, 0.15) is 0 Å². The van der Waals surface area contributed by atoms with Crippen LogP contribution in [0, 0.1) is 0 Å². The third-order valence-electron chi connectivity index (χ3n) is 1.41. The molecular weight excluding hydrogens is 154 g/mol. The maximum Gasteiger partial charge on any atom is 0.242 e. The summed E-state index contributed by atoms with van der Waals surface area (Å²) < 4.78 is 0. The smallest absolute Gasteiger partial charge is 0.242 e. The number of pyridine rings is 1. The van der Waals surface area contributed by atoms with Crippen molar-refractivity contribution in [1.29, 1.82) is 0 Å². The molecule has 62 valence electrons. The van der Waals surface area contributed by atoms with Crippen molar-refractivity contribution in [1.82, 2.24) is 4.98 Å². The highest BCUT2D eigenvalue weighted by molar-refractivity contribution is 5.50. The molecular formula is C8H9N3O. The summed E-state index contributed by atoms with van der Waals surface area (Å²) in [6.45, 7) is 0. The average molecular weight is 163 g/mol. The lowest BCUT2D eigenvalue weighted by Gasteiger charge is -2.10. The molecule has 0 radical (unpaired) electrons. The number of carbonyl (C=O) groups excluding carboxylic acids is 1. The van der Waals surface area contributed by atoms with Crippen molar-refractivity contribution in [2.75, 3.05) is 19.0 Å². The molecule has 12 heavy (non-hydrogen) atoms. The standard InChI is InChI=1S/C8H9N3O/c1-11(2)7-3-4-8(9-5-7)10-6-12/h3-5H,1-2H3. The van der Waals surface area contributed by atoms with Gasteiger partial charge in [-0.2, -0.15) is 0 Å². The highest BCUT2D eigenvalue weighted by Gasteiger charge is 1.94. The normalized spacial score (nSPS) is 8.83. The van der Waals surface area contributed by atoms with Gasteiger partial charge in [0.05, 0.1) is 11.9 Å². The van der Waals surface area contributed by atoms with Crippen LogP contribution in [0.5, 0.6) is 0 Å². The van der Waals surface area contributed by atoms with Crippen LogP contribution in [0.3, 0.4) is 0 Å². The fourth-order valence-corrected chi connectivity index (χ4v) is 0.756. The molecule has 0 unspecified atom stereocenters. The lowest BCUT2D eigenvalue weighted by atomic mass is 10.4. The molecule has 4 heteroatoms. The highest BCUT2D eigenvalue weighted by Crippen LogP contribution is 2.13. The Morgan fingerprint density at radius 3 is 2.67 bits per heavy atom. The van der Waals surface area contributed by atoms with Gasteiger partial charge >= 0.3 is 0 Å². The van der Waals surface area contributed by atoms with Gasteiger partial charge in [-0.3, -0.25) is 0 Å². The molecule has 0 saturated heterocycles. The van der Waals surface area contributed by atoms with Crippen LogP contribution in [-0.2, 0) is 4.79 Å². The summed E-state index contributed by atoms with van der Waals surface area (Å²) in [4.78, 5) is 19.1. The summed E-state index contributed by atoms with van der Waals surface area (Å²) in [6, 6.07) is 3.50. The first-order valence-corrected chi connectivity index (χ1v) is 3.45. The lowest BCUT2D eigenvalue weighted by molar-refractivity contribution is 0.565. The number of hydrogen-bond acceptors (Lipinski definition) is 4. The predicted molar refractivity (Wildman–Crippen MR) is 46.3 cm³/mol. The Kier molecular flexibility index (Phi) is 2.56. The van der Waals surface area contributed by atoms with E-state index in [1.165, 1.54) is 6.08 Å². The minimum Gasteiger partial charge on any atom is -0.376 e. The van der Waals surface area contributed by atoms with E-state index in [1.54, 1.807) is 12.3 Å². The first-order valence-electron chi connectivity index (χ1n) is 3.45. The number of anilines is 1. The van der Waals surface area contributed by atoms with Gasteiger partial charge in [0.2, 0.25) is 6.08 Å². The number of nitrogens with zero attached hydrogens (tertiary/aromatic N) is 3. The summed E-state index contributed by atoms with van der Waals surface area (Å²) >= 11 is 0. The van der Waals surface area contributed by atoms with Gasteiger partial charge in [-0.05, 0) is 12.1 Å². The monoisotopic (exact) mass is 163 g/mol. The number of isocyanates is 1. The van der Waals surface area contributed by atoms with Crippen molar-refractivity contribution < 1.29 is 4.79 Å². The number of aromatic nitrogens is 1. The molecule has 0 amide bonds. The Labute approximate surface area is 70.6 Å². The summed E-state index contributed by atoms with van der Waals surface area (Å²) in [5.74, 6) is 0.385. The molecule has 0 aliphatic rings. The summed E-state index contributed by atoms with van der Waals surface area (Å²) in [5, 5.41) is 0. The van der Waals surface area contributed by atoms with Crippen molar-refractivity contribution in [3.8, 4) is 0 Å². The molecule has 0 bridgehead atoms. The van der Waals surface area contributed by atoms with Crippen LogP contribution in [0.2, 0.25) is 0 Å². The van der Waals surface area contributed by atoms with Gasteiger partial charge in [-0.25, -0.2) is 9.78 Å². The van der Waals surface area contributed by atoms with Crippen molar-refractivity contribution in [3.05, 3.63) is 18.3 Å². The summed E-state index contributed by atoms with van der Waals surface area (Å²) in [7, 11) is 3.83. The molecule has 0 atom stereocenters. The van der Waals surface area contributed by atoms with Gasteiger partial charge < -0.3 is 4.90 Å². The first kappa shape index (κ1) is 8.43. The van der Waals surface area contributed by atoms with Crippen LogP contribution in [0.4, 0.5) is 11.5 Å². The second-order valence-electron chi connectivity index (χ2n) is 2.47. The van der Waals surface area contributed by atoms with E-state index in [4.69, 9.17) is 0 Å². The number of hydrogen-bond donors (Lipinski definition) is 0. The number of aliphatic imine (C=N–C) groups is 1. The topological polar surface area (TPSA) is 45.6 Å². The molecule has 0 N–H and O–H groups in total. The van der Waals surface area contributed by atoms with E-state index >= 15 is 0 Å². The molecule has 0 aliphatic heterocycles. The Morgan fingerprint density at radius 1 is 1.50 bits per heavy atom. The fraction of sp³-hybridized carbons (Fsp3) is 0.250. The molecule has 1 aromatic heterocycles. The predicted octanol–water partition coefficient (Wildman–Crippen LogP) is 1.11. The van der Waals surface area contributed by atoms with Crippen molar-refractivity contribution in [3.63, 3.8) is 0 Å². The third kappa shape index (κ3) is 1.90. The van der Waals surface area contributed by atoms with Crippen molar-refractivity contribution in [2.24, 2.45) is 4.99 Å². The molecule has 1 rings (SSSR count). The van der Waals surface area contributed by atoms with E-state index in [-0.39, 0.29) is 0 Å². The molecule has 0 spiro atoms. The van der Waals surface area contributed by atoms with Crippen LogP contribution in [0.25, 0.3) is 0 Å². The minimum absolute atomic E-state index is 0.385. The van der Waals surface area contributed by atoms with Gasteiger partial charge in [0.15, 0.2) is 5.82 Å². The minimum atomic E-state index is 0.385. The summed E-state index contributed by atoms with van der Waals surface area (Å²) in [5.41, 5.74) is 0.972. The lowest BCUT2D eigenvalue weighted by Crippen LogP contribution is -2.08. The van der Waals surface area contributed by atoms with E-state index in [9.17, 15) is 4.79 Å². The SMILES string of the molecule is CN(C)c1ccc(N=C=O)nc1. The Bertz CT molecular complexity index is 299. The average Bonchev–Trinajstić information content (AvgIpc) is 2.06.